The lowest BCUT2D eigenvalue weighted by Gasteiger charge is -2.38. The number of nitrogens with one attached hydrogen (secondary N) is 2. The van der Waals surface area contributed by atoms with Crippen molar-refractivity contribution in [3.63, 3.8) is 0 Å². The van der Waals surface area contributed by atoms with Gasteiger partial charge in [0, 0.05) is 24.0 Å². The lowest BCUT2D eigenvalue weighted by atomic mass is 9.90. The van der Waals surface area contributed by atoms with Gasteiger partial charge in [-0.2, -0.15) is 5.10 Å². The summed E-state index contributed by atoms with van der Waals surface area (Å²) in [6.07, 6.45) is 2.08. The van der Waals surface area contributed by atoms with E-state index in [1.165, 1.54) is 4.88 Å². The molecule has 1 saturated heterocycles. The predicted octanol–water partition coefficient (Wildman–Crippen LogP) is 4.22. The summed E-state index contributed by atoms with van der Waals surface area (Å²) in [5.41, 5.74) is 2.37. The number of aromatic nitrogens is 2. The van der Waals surface area contributed by atoms with Crippen molar-refractivity contribution in [1.29, 1.82) is 0 Å². The van der Waals surface area contributed by atoms with Crippen molar-refractivity contribution in [3.05, 3.63) is 64.7 Å². The van der Waals surface area contributed by atoms with E-state index in [1.54, 1.807) is 11.3 Å². The summed E-state index contributed by atoms with van der Waals surface area (Å²) < 4.78 is 0. The van der Waals surface area contributed by atoms with Gasteiger partial charge in [0.15, 0.2) is 5.69 Å². The summed E-state index contributed by atoms with van der Waals surface area (Å²) in [6.45, 7) is 5.35. The maximum atomic E-state index is 13.2. The normalized spacial score (nSPS) is 23.2. The molecule has 1 saturated carbocycles. The number of thiophene rings is 1. The van der Waals surface area contributed by atoms with Crippen LogP contribution in [0.15, 0.2) is 48.5 Å². The number of benzene rings is 1. The molecule has 3 heterocycles. The van der Waals surface area contributed by atoms with Crippen molar-refractivity contribution in [2.24, 2.45) is 11.8 Å². The van der Waals surface area contributed by atoms with Gasteiger partial charge in [-0.05, 0) is 62.3 Å². The molecule has 5 rings (SSSR count). The summed E-state index contributed by atoms with van der Waals surface area (Å²) in [5, 5.41) is 10.6. The number of nitrogens with zero attached hydrogens (tertiary/aromatic N) is 2. The molecule has 2 amide bonds. The number of aromatic amines is 1. The number of H-pyrrole nitrogens is 1. The number of fused-ring (bicyclic) bond motifs is 2. The number of likely N-dealkylation sites (tertiary alicyclic amines) is 1. The Balaban J connectivity index is 1.24. The van der Waals surface area contributed by atoms with Crippen LogP contribution in [-0.2, 0) is 4.79 Å². The number of hydrogen-bond acceptors (Lipinski definition) is 4. The van der Waals surface area contributed by atoms with Gasteiger partial charge in [0.05, 0.1) is 16.5 Å². The first-order valence-corrected chi connectivity index (χ1v) is 12.1. The fourth-order valence-corrected chi connectivity index (χ4v) is 5.94. The molecule has 6 nitrogen and oxygen atoms in total. The summed E-state index contributed by atoms with van der Waals surface area (Å²) >= 11 is 1.68. The Morgan fingerprint density at radius 3 is 2.50 bits per heavy atom. The van der Waals surface area contributed by atoms with Crippen molar-refractivity contribution in [1.82, 2.24) is 20.4 Å². The number of hydrogen-bond donors (Lipinski definition) is 2. The van der Waals surface area contributed by atoms with Gasteiger partial charge in [-0.25, -0.2) is 0 Å². The van der Waals surface area contributed by atoms with Crippen LogP contribution in [-0.4, -0.2) is 46.0 Å². The van der Waals surface area contributed by atoms with Crippen LogP contribution in [0.4, 0.5) is 0 Å². The second-order valence-electron chi connectivity index (χ2n) is 9.05. The standard InChI is InChI=1S/C25H28N4O2S/c1-15-8-11-22(32-15)20-12-21(28-27-20)25(31)29-13-18-9-10-19(14-29)23(18)26-24(30)16(2)17-6-4-3-5-7-17/h3-8,11-12,16,18-19,23H,9-10,13-14H2,1-2H3,(H,26,30)(H,27,28)/t16?,18-,19+,23?. The molecule has 1 aromatic carbocycles. The molecule has 2 aliphatic rings. The quantitative estimate of drug-likeness (QED) is 0.614. The average Bonchev–Trinajstić information content (AvgIpc) is 3.51. The Bertz CT molecular complexity index is 1110. The van der Waals surface area contributed by atoms with Crippen LogP contribution in [0.25, 0.3) is 10.6 Å². The third kappa shape index (κ3) is 3.97. The number of carbonyl (C=O) groups is 2. The van der Waals surface area contributed by atoms with Crippen molar-refractivity contribution < 1.29 is 9.59 Å². The average molecular weight is 449 g/mol. The molecule has 0 spiro atoms. The van der Waals surface area contributed by atoms with E-state index in [9.17, 15) is 9.59 Å². The first kappa shape index (κ1) is 20.9. The Morgan fingerprint density at radius 1 is 1.12 bits per heavy atom. The van der Waals surface area contributed by atoms with Crippen molar-refractivity contribution >= 4 is 23.2 Å². The van der Waals surface area contributed by atoms with Gasteiger partial charge in [-0.1, -0.05) is 30.3 Å². The highest BCUT2D eigenvalue weighted by atomic mass is 32.1. The number of piperidine rings is 1. The number of aryl methyl sites for hydroxylation is 1. The van der Waals surface area contributed by atoms with Crippen molar-refractivity contribution in [2.75, 3.05) is 13.1 Å². The molecule has 1 aliphatic heterocycles. The first-order valence-electron chi connectivity index (χ1n) is 11.3. The minimum absolute atomic E-state index is 0.0277. The van der Waals surface area contributed by atoms with Gasteiger partial charge >= 0.3 is 0 Å². The van der Waals surface area contributed by atoms with E-state index >= 15 is 0 Å². The molecule has 7 heteroatoms. The summed E-state index contributed by atoms with van der Waals surface area (Å²) in [4.78, 5) is 30.3. The van der Waals surface area contributed by atoms with Crippen LogP contribution in [0.1, 0.15) is 46.6 Å². The molecule has 2 fully saturated rings. The molecular weight excluding hydrogens is 420 g/mol. The molecule has 2 aromatic heterocycles. The molecule has 4 atom stereocenters. The van der Waals surface area contributed by atoms with Crippen LogP contribution >= 0.6 is 11.3 Å². The van der Waals surface area contributed by atoms with E-state index in [1.807, 2.05) is 54.3 Å². The fraction of sp³-hybridized carbons (Fsp3) is 0.400. The maximum absolute atomic E-state index is 13.2. The SMILES string of the molecule is Cc1ccc(-c2cc(C(=O)N3C[C@H]4CC[C@@H](C3)C4NC(=O)C(C)c3ccccc3)n[nH]2)s1. The van der Waals surface area contributed by atoms with Crippen molar-refractivity contribution in [3.8, 4) is 10.6 Å². The maximum Gasteiger partial charge on any atom is 0.274 e. The van der Waals surface area contributed by atoms with Gasteiger partial charge in [0.1, 0.15) is 0 Å². The van der Waals surface area contributed by atoms with Crippen LogP contribution < -0.4 is 5.32 Å². The Labute approximate surface area is 192 Å². The van der Waals surface area contributed by atoms with Crippen LogP contribution in [0.5, 0.6) is 0 Å². The highest BCUT2D eigenvalue weighted by Crippen LogP contribution is 2.38. The molecule has 3 aromatic rings. The minimum atomic E-state index is -0.182. The van der Waals surface area contributed by atoms with Gasteiger partial charge in [0.2, 0.25) is 5.91 Å². The zero-order valence-electron chi connectivity index (χ0n) is 18.4. The highest BCUT2D eigenvalue weighted by molar-refractivity contribution is 7.15. The Hall–Kier alpha value is -2.93. The smallest absolute Gasteiger partial charge is 0.274 e. The molecule has 2 unspecified atom stereocenters. The van der Waals surface area contributed by atoms with Crippen LogP contribution in [0.2, 0.25) is 0 Å². The lowest BCUT2D eigenvalue weighted by Crippen LogP contribution is -2.54. The Morgan fingerprint density at radius 2 is 1.84 bits per heavy atom. The first-order chi connectivity index (χ1) is 15.5. The molecule has 32 heavy (non-hydrogen) atoms. The molecule has 2 N–H and O–H groups in total. The van der Waals surface area contributed by atoms with Gasteiger partial charge in [-0.3, -0.25) is 14.7 Å². The second kappa shape index (κ2) is 8.54. The number of carbonyl (C=O) groups excluding carboxylic acids is 2. The van der Waals surface area contributed by atoms with Crippen molar-refractivity contribution in [2.45, 2.75) is 38.6 Å². The number of amides is 2. The van der Waals surface area contributed by atoms with E-state index < -0.39 is 0 Å². The molecule has 2 bridgehead atoms. The highest BCUT2D eigenvalue weighted by Gasteiger charge is 2.44. The monoisotopic (exact) mass is 448 g/mol. The number of rotatable bonds is 5. The van der Waals surface area contributed by atoms with Gasteiger partial charge in [-0.15, -0.1) is 11.3 Å². The molecule has 0 radical (unpaired) electrons. The third-order valence-corrected chi connectivity index (χ3v) is 7.96. The zero-order chi connectivity index (χ0) is 22.2. The van der Waals surface area contributed by atoms with E-state index in [0.717, 1.165) is 29.0 Å². The minimum Gasteiger partial charge on any atom is -0.352 e. The Kier molecular flexibility index (Phi) is 5.59. The largest absolute Gasteiger partial charge is 0.352 e. The predicted molar refractivity (Wildman–Crippen MR) is 126 cm³/mol. The zero-order valence-corrected chi connectivity index (χ0v) is 19.2. The summed E-state index contributed by atoms with van der Waals surface area (Å²) in [5.74, 6) is 0.450. The molecule has 1 aliphatic carbocycles. The van der Waals surface area contributed by atoms with Crippen LogP contribution in [0, 0.1) is 18.8 Å². The van der Waals surface area contributed by atoms with E-state index in [-0.39, 0.29) is 23.8 Å². The van der Waals surface area contributed by atoms with Gasteiger partial charge < -0.3 is 10.2 Å². The third-order valence-electron chi connectivity index (χ3n) is 6.93. The fourth-order valence-electron chi connectivity index (χ4n) is 5.11. The van der Waals surface area contributed by atoms with Crippen LogP contribution in [0.3, 0.4) is 0 Å². The van der Waals surface area contributed by atoms with E-state index in [0.29, 0.717) is 30.6 Å². The summed E-state index contributed by atoms with van der Waals surface area (Å²) in [7, 11) is 0. The van der Waals surface area contributed by atoms with Gasteiger partial charge in [0.25, 0.3) is 5.91 Å². The molecule has 166 valence electrons. The van der Waals surface area contributed by atoms with E-state index in [2.05, 4.69) is 28.5 Å². The van der Waals surface area contributed by atoms with E-state index in [4.69, 9.17) is 0 Å². The topological polar surface area (TPSA) is 78.1 Å². The lowest BCUT2D eigenvalue weighted by molar-refractivity contribution is -0.123. The second-order valence-corrected chi connectivity index (χ2v) is 10.3. The summed E-state index contributed by atoms with van der Waals surface area (Å²) in [6, 6.07) is 16.0. The molecular formula is C25H28N4O2S.